The van der Waals surface area contributed by atoms with Gasteiger partial charge in [0.05, 0.1) is 22.2 Å². The monoisotopic (exact) mass is 366 g/mol. The first-order chi connectivity index (χ1) is 12.8. The van der Waals surface area contributed by atoms with E-state index in [-0.39, 0.29) is 0 Å². The van der Waals surface area contributed by atoms with Gasteiger partial charge in [-0.25, -0.2) is 15.0 Å². The molecule has 6 nitrogen and oxygen atoms in total. The molecular weight excluding hydrogens is 351 g/mol. The van der Waals surface area contributed by atoms with E-state index >= 15 is 0 Å². The predicted molar refractivity (Wildman–Crippen MR) is 99.6 cm³/mol. The lowest BCUT2D eigenvalue weighted by molar-refractivity contribution is 0.586. The zero-order valence-corrected chi connectivity index (χ0v) is 14.6. The zero-order valence-electron chi connectivity index (χ0n) is 13.8. The third-order valence-electron chi connectivity index (χ3n) is 4.54. The Morgan fingerprint density at radius 1 is 1.04 bits per heavy atom. The highest BCUT2D eigenvalue weighted by atomic mass is 32.1. The van der Waals surface area contributed by atoms with Crippen LogP contribution in [0.15, 0.2) is 36.7 Å². The molecule has 1 aliphatic heterocycles. The minimum Gasteiger partial charge on any atom is -0.357 e. The van der Waals surface area contributed by atoms with Gasteiger partial charge in [0.15, 0.2) is 5.65 Å². The summed E-state index contributed by atoms with van der Waals surface area (Å²) in [5.41, 5.74) is 2.70. The second-order valence-electron chi connectivity index (χ2n) is 6.23. The van der Waals surface area contributed by atoms with Gasteiger partial charge in [-0.1, -0.05) is 0 Å². The molecule has 0 radical (unpaired) electrons. The third kappa shape index (κ3) is 2.62. The van der Waals surface area contributed by atoms with E-state index in [1.807, 2.05) is 18.2 Å². The average Bonchev–Trinajstić information content (AvgIpc) is 3.41. The Labute approximate surface area is 152 Å². The van der Waals surface area contributed by atoms with Gasteiger partial charge < -0.3 is 4.90 Å². The Hall–Kier alpha value is -2.87. The molecule has 130 valence electrons. The number of rotatable bonds is 3. The summed E-state index contributed by atoms with van der Waals surface area (Å²) < 4.78 is 15.5. The van der Waals surface area contributed by atoms with Crippen LogP contribution in [0.2, 0.25) is 0 Å². The van der Waals surface area contributed by atoms with Gasteiger partial charge in [-0.05, 0) is 37.1 Å². The number of pyridine rings is 2. The predicted octanol–water partition coefficient (Wildman–Crippen LogP) is 3.88. The Kier molecular flexibility index (Phi) is 3.63. The smallest absolute Gasteiger partial charge is 0.225 e. The molecule has 0 aromatic carbocycles. The van der Waals surface area contributed by atoms with Gasteiger partial charge >= 0.3 is 0 Å². The molecule has 1 saturated heterocycles. The van der Waals surface area contributed by atoms with Crippen LogP contribution < -0.4 is 4.90 Å². The van der Waals surface area contributed by atoms with Crippen LogP contribution in [0, 0.1) is 5.95 Å². The van der Waals surface area contributed by atoms with Gasteiger partial charge in [0.25, 0.3) is 0 Å². The lowest BCUT2D eigenvalue weighted by atomic mass is 10.2. The second kappa shape index (κ2) is 6.14. The maximum atomic E-state index is 14.6. The molecule has 0 atom stereocenters. The van der Waals surface area contributed by atoms with Gasteiger partial charge in [-0.15, -0.1) is 11.3 Å². The fourth-order valence-corrected chi connectivity index (χ4v) is 4.11. The highest BCUT2D eigenvalue weighted by molar-refractivity contribution is 7.21. The maximum absolute atomic E-state index is 14.6. The molecule has 0 unspecified atom stereocenters. The zero-order chi connectivity index (χ0) is 17.5. The van der Waals surface area contributed by atoms with E-state index in [2.05, 4.69) is 30.0 Å². The van der Waals surface area contributed by atoms with Crippen LogP contribution in [0.1, 0.15) is 12.8 Å². The summed E-state index contributed by atoms with van der Waals surface area (Å²) in [5.74, 6) is 0.216. The lowest BCUT2D eigenvalue weighted by Crippen LogP contribution is -2.19. The van der Waals surface area contributed by atoms with Crippen molar-refractivity contribution in [1.29, 1.82) is 0 Å². The fourth-order valence-electron chi connectivity index (χ4n) is 3.19. The van der Waals surface area contributed by atoms with Crippen LogP contribution >= 0.6 is 11.3 Å². The molecule has 1 N–H and O–H groups in total. The van der Waals surface area contributed by atoms with Gasteiger partial charge in [-0.3, -0.25) is 5.10 Å². The quantitative estimate of drug-likeness (QED) is 0.557. The van der Waals surface area contributed by atoms with E-state index < -0.39 is 5.95 Å². The number of H-pyrrole nitrogens is 1. The molecule has 0 saturated carbocycles. The van der Waals surface area contributed by atoms with E-state index in [1.54, 1.807) is 18.5 Å². The summed E-state index contributed by atoms with van der Waals surface area (Å²) in [4.78, 5) is 15.4. The normalized spacial score (nSPS) is 14.4. The van der Waals surface area contributed by atoms with Crippen molar-refractivity contribution >= 4 is 27.5 Å². The molecular formula is C18H15FN6S. The lowest BCUT2D eigenvalue weighted by Gasteiger charge is -2.16. The maximum Gasteiger partial charge on any atom is 0.225 e. The first-order valence-corrected chi connectivity index (χ1v) is 9.28. The minimum absolute atomic E-state index is 0.417. The van der Waals surface area contributed by atoms with Crippen LogP contribution in [-0.4, -0.2) is 38.2 Å². The Morgan fingerprint density at radius 3 is 2.69 bits per heavy atom. The van der Waals surface area contributed by atoms with Crippen LogP contribution in [0.3, 0.4) is 0 Å². The van der Waals surface area contributed by atoms with Crippen LogP contribution in [0.5, 0.6) is 0 Å². The molecule has 4 aromatic rings. The number of anilines is 1. The molecule has 8 heteroatoms. The number of hydrogen-bond acceptors (Lipinski definition) is 6. The van der Waals surface area contributed by atoms with Gasteiger partial charge in [0, 0.05) is 24.8 Å². The molecule has 1 fully saturated rings. The highest BCUT2D eigenvalue weighted by Crippen LogP contribution is 2.33. The van der Waals surface area contributed by atoms with Crippen molar-refractivity contribution in [2.24, 2.45) is 0 Å². The Balaban J connectivity index is 1.52. The molecule has 0 bridgehead atoms. The minimum atomic E-state index is -0.483. The summed E-state index contributed by atoms with van der Waals surface area (Å²) in [7, 11) is 0. The van der Waals surface area contributed by atoms with Crippen molar-refractivity contribution in [3.05, 3.63) is 42.6 Å². The summed E-state index contributed by atoms with van der Waals surface area (Å²) >= 11 is 1.42. The van der Waals surface area contributed by atoms with Crippen LogP contribution in [0.25, 0.3) is 32.2 Å². The first kappa shape index (κ1) is 15.4. The largest absolute Gasteiger partial charge is 0.357 e. The van der Waals surface area contributed by atoms with E-state index in [4.69, 9.17) is 0 Å². The van der Waals surface area contributed by atoms with Gasteiger partial charge in [0.1, 0.15) is 10.8 Å². The number of fused-ring (bicyclic) bond motifs is 1. The van der Waals surface area contributed by atoms with Crippen molar-refractivity contribution in [1.82, 2.24) is 25.1 Å². The standard InChI is InChI=1S/C18H15FN6S/c19-16-12(3-6-15(23-16)25-7-1-2-8-25)18-24-17-14(26-18)5-4-13(22-17)11-9-20-21-10-11/h3-6,9-10H,1-2,7-8H2,(H,20,21). The molecule has 4 aromatic heterocycles. The first-order valence-electron chi connectivity index (χ1n) is 8.46. The van der Waals surface area contributed by atoms with Gasteiger partial charge in [-0.2, -0.15) is 9.49 Å². The second-order valence-corrected chi connectivity index (χ2v) is 7.26. The average molecular weight is 366 g/mol. The number of aromatic amines is 1. The summed E-state index contributed by atoms with van der Waals surface area (Å²) in [5, 5.41) is 7.31. The molecule has 5 rings (SSSR count). The number of hydrogen-bond donors (Lipinski definition) is 1. The molecule has 26 heavy (non-hydrogen) atoms. The van der Waals surface area contributed by atoms with Gasteiger partial charge in [0.2, 0.25) is 5.95 Å². The summed E-state index contributed by atoms with van der Waals surface area (Å²) in [6.45, 7) is 1.88. The van der Waals surface area contributed by atoms with E-state index in [1.165, 1.54) is 11.3 Å². The molecule has 0 aliphatic carbocycles. The summed E-state index contributed by atoms with van der Waals surface area (Å²) in [6, 6.07) is 7.51. The van der Waals surface area contributed by atoms with Crippen molar-refractivity contribution in [2.45, 2.75) is 12.8 Å². The SMILES string of the molecule is Fc1nc(N2CCCC2)ccc1-c1nc2nc(-c3cn[nH]c3)ccc2s1. The van der Waals surface area contributed by atoms with E-state index in [0.717, 1.165) is 41.9 Å². The van der Waals surface area contributed by atoms with Crippen molar-refractivity contribution in [2.75, 3.05) is 18.0 Å². The van der Waals surface area contributed by atoms with Crippen molar-refractivity contribution < 1.29 is 4.39 Å². The van der Waals surface area contributed by atoms with Crippen molar-refractivity contribution in [3.8, 4) is 21.8 Å². The van der Waals surface area contributed by atoms with E-state index in [9.17, 15) is 4.39 Å². The Bertz CT molecular complexity index is 1070. The number of thiazole rings is 1. The number of nitrogens with zero attached hydrogens (tertiary/aromatic N) is 5. The van der Waals surface area contributed by atoms with Crippen LogP contribution in [-0.2, 0) is 0 Å². The fraction of sp³-hybridized carbons (Fsp3) is 0.222. The number of nitrogens with one attached hydrogen (secondary N) is 1. The highest BCUT2D eigenvalue weighted by Gasteiger charge is 2.18. The number of aromatic nitrogens is 5. The van der Waals surface area contributed by atoms with Crippen LogP contribution in [0.4, 0.5) is 10.2 Å². The molecule has 5 heterocycles. The molecule has 0 amide bonds. The molecule has 1 aliphatic rings. The number of halogens is 1. The third-order valence-corrected chi connectivity index (χ3v) is 5.59. The van der Waals surface area contributed by atoms with E-state index in [0.29, 0.717) is 22.0 Å². The topological polar surface area (TPSA) is 70.6 Å². The van der Waals surface area contributed by atoms with Crippen molar-refractivity contribution in [3.63, 3.8) is 0 Å². The Morgan fingerprint density at radius 2 is 1.92 bits per heavy atom. The molecule has 0 spiro atoms. The summed E-state index contributed by atoms with van der Waals surface area (Å²) in [6.07, 6.45) is 5.76.